The number of carboxylic acid groups (broad SMARTS) is 1. The molecular weight excluding hydrogens is 444 g/mol. The van der Waals surface area contributed by atoms with Gasteiger partial charge in [-0.3, -0.25) is 9.59 Å². The zero-order chi connectivity index (χ0) is 24.7. The van der Waals surface area contributed by atoms with E-state index in [1.165, 1.54) is 22.3 Å². The molecule has 0 bridgehead atoms. The fraction of sp³-hybridized carbons (Fsp3) is 0.464. The van der Waals surface area contributed by atoms with Gasteiger partial charge in [0, 0.05) is 24.5 Å². The van der Waals surface area contributed by atoms with Crippen molar-refractivity contribution < 1.29 is 24.2 Å². The molecule has 0 radical (unpaired) electrons. The molecule has 4 atom stereocenters. The summed E-state index contributed by atoms with van der Waals surface area (Å²) in [5, 5.41) is 12.1. The molecule has 7 nitrogen and oxygen atoms in total. The number of ether oxygens (including phenoxy) is 1. The van der Waals surface area contributed by atoms with Gasteiger partial charge in [0.2, 0.25) is 5.91 Å². The standard InChI is InChI=1S/C28H32N2O5/c1-3-30(17(2)12-25(31)32)26(33)28-14-18(28)13-19(15-28)29-27(34)35-16-24-22-10-6-4-8-20(22)21-9-5-7-11-23(21)24/h4-11,17-19,24H,3,12-16H2,1-2H3,(H,29,34)(H,31,32)/t17?,18-,19+,28+/m1/s1. The number of carbonyl (C=O) groups excluding carboxylic acids is 2. The maximum atomic E-state index is 13.3. The van der Waals surface area contributed by atoms with Crippen LogP contribution in [0.5, 0.6) is 0 Å². The molecule has 0 aliphatic heterocycles. The van der Waals surface area contributed by atoms with Crippen LogP contribution in [0.1, 0.15) is 56.6 Å². The van der Waals surface area contributed by atoms with E-state index >= 15 is 0 Å². The Morgan fingerprint density at radius 2 is 1.71 bits per heavy atom. The molecule has 3 aliphatic carbocycles. The van der Waals surface area contributed by atoms with Crippen molar-refractivity contribution >= 4 is 18.0 Å². The van der Waals surface area contributed by atoms with Gasteiger partial charge in [-0.15, -0.1) is 0 Å². The molecule has 3 aliphatic rings. The maximum Gasteiger partial charge on any atom is 0.407 e. The van der Waals surface area contributed by atoms with E-state index in [0.29, 0.717) is 13.0 Å². The van der Waals surface area contributed by atoms with Crippen LogP contribution in [0.4, 0.5) is 4.79 Å². The summed E-state index contributed by atoms with van der Waals surface area (Å²) in [5.74, 6) is -0.641. The monoisotopic (exact) mass is 476 g/mol. The van der Waals surface area contributed by atoms with Crippen LogP contribution in [0.15, 0.2) is 48.5 Å². The van der Waals surface area contributed by atoms with Crippen molar-refractivity contribution in [3.63, 3.8) is 0 Å². The molecule has 5 rings (SSSR count). The lowest BCUT2D eigenvalue weighted by atomic mass is 9.98. The first-order chi connectivity index (χ1) is 16.8. The Morgan fingerprint density at radius 1 is 1.09 bits per heavy atom. The minimum absolute atomic E-state index is 0.00638. The van der Waals surface area contributed by atoms with Gasteiger partial charge in [-0.1, -0.05) is 48.5 Å². The van der Waals surface area contributed by atoms with Crippen LogP contribution in [0.2, 0.25) is 0 Å². The van der Waals surface area contributed by atoms with E-state index in [9.17, 15) is 14.4 Å². The average molecular weight is 477 g/mol. The number of benzene rings is 2. The lowest BCUT2D eigenvalue weighted by Gasteiger charge is -2.31. The smallest absolute Gasteiger partial charge is 0.407 e. The molecule has 184 valence electrons. The van der Waals surface area contributed by atoms with E-state index in [2.05, 4.69) is 29.6 Å². The molecule has 2 amide bonds. The third-order valence-corrected chi connectivity index (χ3v) is 8.11. The van der Waals surface area contributed by atoms with Gasteiger partial charge in [0.05, 0.1) is 11.8 Å². The Bertz CT molecular complexity index is 1120. The molecule has 0 heterocycles. The fourth-order valence-electron chi connectivity index (χ4n) is 6.38. The van der Waals surface area contributed by atoms with Crippen molar-refractivity contribution in [1.29, 1.82) is 0 Å². The van der Waals surface area contributed by atoms with Crippen molar-refractivity contribution in [3.05, 3.63) is 59.7 Å². The van der Waals surface area contributed by atoms with E-state index in [1.54, 1.807) is 11.8 Å². The summed E-state index contributed by atoms with van der Waals surface area (Å²) in [5.41, 5.74) is 4.24. The minimum atomic E-state index is -0.908. The summed E-state index contributed by atoms with van der Waals surface area (Å²) in [7, 11) is 0. The Kier molecular flexibility index (Phi) is 6.03. The minimum Gasteiger partial charge on any atom is -0.481 e. The van der Waals surface area contributed by atoms with Crippen molar-refractivity contribution in [2.24, 2.45) is 11.3 Å². The highest BCUT2D eigenvalue weighted by molar-refractivity contribution is 5.87. The molecule has 35 heavy (non-hydrogen) atoms. The van der Waals surface area contributed by atoms with Gasteiger partial charge in [-0.25, -0.2) is 4.79 Å². The molecule has 0 saturated heterocycles. The zero-order valence-corrected chi connectivity index (χ0v) is 20.2. The van der Waals surface area contributed by atoms with Gasteiger partial charge in [-0.2, -0.15) is 0 Å². The summed E-state index contributed by atoms with van der Waals surface area (Å²) in [6.07, 6.45) is 1.62. The molecular formula is C28H32N2O5. The van der Waals surface area contributed by atoms with Crippen LogP contribution in [0.25, 0.3) is 11.1 Å². The number of alkyl carbamates (subject to hydrolysis) is 1. The Labute approximate surface area is 205 Å². The van der Waals surface area contributed by atoms with Crippen LogP contribution < -0.4 is 5.32 Å². The molecule has 2 N–H and O–H groups in total. The molecule has 2 fully saturated rings. The number of carbonyl (C=O) groups is 3. The van der Waals surface area contributed by atoms with Crippen LogP contribution in [-0.4, -0.2) is 53.2 Å². The quantitative estimate of drug-likeness (QED) is 0.589. The predicted molar refractivity (Wildman–Crippen MR) is 131 cm³/mol. The zero-order valence-electron chi connectivity index (χ0n) is 20.2. The van der Waals surface area contributed by atoms with Gasteiger partial charge in [-0.05, 0) is 61.3 Å². The molecule has 2 aromatic carbocycles. The van der Waals surface area contributed by atoms with Crippen molar-refractivity contribution in [1.82, 2.24) is 10.2 Å². The second-order valence-corrected chi connectivity index (χ2v) is 10.2. The van der Waals surface area contributed by atoms with Gasteiger partial charge in [0.15, 0.2) is 0 Å². The number of carboxylic acids is 1. The molecule has 2 aromatic rings. The predicted octanol–water partition coefficient (Wildman–Crippen LogP) is 4.41. The van der Waals surface area contributed by atoms with E-state index in [-0.39, 0.29) is 42.9 Å². The first-order valence-electron chi connectivity index (χ1n) is 12.5. The van der Waals surface area contributed by atoms with Crippen LogP contribution in [0.3, 0.4) is 0 Å². The highest BCUT2D eigenvalue weighted by Gasteiger charge is 2.66. The first kappa shape index (κ1) is 23.4. The lowest BCUT2D eigenvalue weighted by molar-refractivity contribution is -0.143. The van der Waals surface area contributed by atoms with Crippen LogP contribution >= 0.6 is 0 Å². The lowest BCUT2D eigenvalue weighted by Crippen LogP contribution is -2.45. The largest absolute Gasteiger partial charge is 0.481 e. The van der Waals surface area contributed by atoms with Gasteiger partial charge < -0.3 is 20.1 Å². The number of hydrogen-bond donors (Lipinski definition) is 2. The van der Waals surface area contributed by atoms with Crippen molar-refractivity contribution in [3.8, 4) is 11.1 Å². The number of aliphatic carboxylic acids is 1. The van der Waals surface area contributed by atoms with Gasteiger partial charge in [0.25, 0.3) is 0 Å². The maximum absolute atomic E-state index is 13.3. The molecule has 1 unspecified atom stereocenters. The summed E-state index contributed by atoms with van der Waals surface area (Å²) in [6.45, 7) is 4.40. The molecule has 2 saturated carbocycles. The summed E-state index contributed by atoms with van der Waals surface area (Å²) in [6, 6.07) is 16.0. The van der Waals surface area contributed by atoms with Crippen LogP contribution in [0, 0.1) is 11.3 Å². The Balaban J connectivity index is 1.18. The number of nitrogens with one attached hydrogen (secondary N) is 1. The highest BCUT2D eigenvalue weighted by Crippen LogP contribution is 2.64. The number of nitrogens with zero attached hydrogens (tertiary/aromatic N) is 1. The average Bonchev–Trinajstić information content (AvgIpc) is 3.26. The number of rotatable bonds is 8. The fourth-order valence-corrected chi connectivity index (χ4v) is 6.38. The molecule has 0 spiro atoms. The third kappa shape index (κ3) is 4.17. The highest BCUT2D eigenvalue weighted by atomic mass is 16.5. The van der Waals surface area contributed by atoms with E-state index < -0.39 is 17.5 Å². The number of fused-ring (bicyclic) bond motifs is 4. The summed E-state index contributed by atoms with van der Waals surface area (Å²) >= 11 is 0. The van der Waals surface area contributed by atoms with Gasteiger partial charge >= 0.3 is 12.1 Å². The number of amides is 2. The van der Waals surface area contributed by atoms with Gasteiger partial charge in [0.1, 0.15) is 6.61 Å². The Hall–Kier alpha value is -3.35. The SMILES string of the molecule is CCN(C(=O)[C@@]12C[C@@H](NC(=O)OCC3c4ccccc4-c4ccccc43)C[C@@H]1C2)C(C)CC(=O)O. The van der Waals surface area contributed by atoms with E-state index in [4.69, 9.17) is 9.84 Å². The third-order valence-electron chi connectivity index (χ3n) is 8.11. The second kappa shape index (κ2) is 9.02. The topological polar surface area (TPSA) is 95.9 Å². The first-order valence-corrected chi connectivity index (χ1v) is 12.5. The summed E-state index contributed by atoms with van der Waals surface area (Å²) < 4.78 is 5.69. The number of hydrogen-bond acceptors (Lipinski definition) is 4. The second-order valence-electron chi connectivity index (χ2n) is 10.2. The van der Waals surface area contributed by atoms with Crippen molar-refractivity contribution in [2.45, 2.75) is 57.5 Å². The molecule has 0 aromatic heterocycles. The summed E-state index contributed by atoms with van der Waals surface area (Å²) in [4.78, 5) is 38.8. The van der Waals surface area contributed by atoms with Crippen molar-refractivity contribution in [2.75, 3.05) is 13.2 Å². The van der Waals surface area contributed by atoms with Crippen LogP contribution in [-0.2, 0) is 14.3 Å². The Morgan fingerprint density at radius 3 is 2.31 bits per heavy atom. The van der Waals surface area contributed by atoms with E-state index in [0.717, 1.165) is 12.8 Å². The molecule has 7 heteroatoms. The van der Waals surface area contributed by atoms with E-state index in [1.807, 2.05) is 31.2 Å². The normalized spacial score (nSPS) is 24.6.